The summed E-state index contributed by atoms with van der Waals surface area (Å²) >= 11 is 0. The lowest BCUT2D eigenvalue weighted by atomic mass is 10.2. The summed E-state index contributed by atoms with van der Waals surface area (Å²) in [5.41, 5.74) is 0. The Hall–Kier alpha value is -1.83. The summed E-state index contributed by atoms with van der Waals surface area (Å²) in [4.78, 5) is 34.9. The average Bonchev–Trinajstić information content (AvgIpc) is 2.32. The van der Waals surface area contributed by atoms with Gasteiger partial charge in [0, 0.05) is 20.2 Å². The zero-order chi connectivity index (χ0) is 15.7. The number of rotatable bonds is 9. The Labute approximate surface area is 117 Å². The highest BCUT2D eigenvalue weighted by Crippen LogP contribution is 2.01. The van der Waals surface area contributed by atoms with Crippen LogP contribution in [-0.2, 0) is 14.3 Å². The summed E-state index contributed by atoms with van der Waals surface area (Å²) in [6, 6.07) is -2.05. The van der Waals surface area contributed by atoms with Gasteiger partial charge in [0.05, 0.1) is 13.0 Å². The molecule has 20 heavy (non-hydrogen) atoms. The van der Waals surface area contributed by atoms with Gasteiger partial charge < -0.3 is 25.2 Å². The second-order valence-electron chi connectivity index (χ2n) is 4.77. The molecule has 0 aliphatic rings. The molecule has 0 heterocycles. The third kappa shape index (κ3) is 7.57. The van der Waals surface area contributed by atoms with Gasteiger partial charge in [-0.1, -0.05) is 13.8 Å². The molecule has 0 bridgehead atoms. The summed E-state index contributed by atoms with van der Waals surface area (Å²) in [7, 11) is 1.50. The molecule has 0 aromatic rings. The van der Waals surface area contributed by atoms with E-state index in [1.54, 1.807) is 0 Å². The first-order chi connectivity index (χ1) is 9.27. The van der Waals surface area contributed by atoms with Crippen LogP contribution < -0.4 is 5.32 Å². The molecule has 0 fully saturated rings. The second kappa shape index (κ2) is 9.13. The summed E-state index contributed by atoms with van der Waals surface area (Å²) in [5.74, 6) is -2.47. The van der Waals surface area contributed by atoms with Crippen LogP contribution in [-0.4, -0.2) is 65.9 Å². The van der Waals surface area contributed by atoms with Gasteiger partial charge in [0.25, 0.3) is 0 Å². The molecular weight excluding hydrogens is 268 g/mol. The van der Waals surface area contributed by atoms with E-state index >= 15 is 0 Å². The standard InChI is InChI=1S/C12H22N2O6/c1-8(2)7-14(4-5-20-3)12(19)13-9(11(17)18)6-10(15)16/h8-9H,4-7H2,1-3H3,(H,13,19)(H,15,16)(H,17,18)/t9-/m0/s1. The number of methoxy groups -OCH3 is 1. The van der Waals surface area contributed by atoms with Crippen molar-refractivity contribution in [1.82, 2.24) is 10.2 Å². The van der Waals surface area contributed by atoms with E-state index in [9.17, 15) is 14.4 Å². The van der Waals surface area contributed by atoms with E-state index in [1.165, 1.54) is 12.0 Å². The van der Waals surface area contributed by atoms with Crippen molar-refractivity contribution in [1.29, 1.82) is 0 Å². The molecule has 0 aliphatic carbocycles. The van der Waals surface area contributed by atoms with Crippen molar-refractivity contribution in [3.8, 4) is 0 Å². The highest BCUT2D eigenvalue weighted by molar-refractivity contribution is 5.86. The van der Waals surface area contributed by atoms with Gasteiger partial charge in [-0.05, 0) is 5.92 Å². The van der Waals surface area contributed by atoms with Gasteiger partial charge in [0.15, 0.2) is 0 Å². The van der Waals surface area contributed by atoms with Crippen molar-refractivity contribution >= 4 is 18.0 Å². The third-order valence-corrected chi connectivity index (χ3v) is 2.41. The van der Waals surface area contributed by atoms with Gasteiger partial charge in [0.1, 0.15) is 6.04 Å². The smallest absolute Gasteiger partial charge is 0.326 e. The normalized spacial score (nSPS) is 12.0. The number of carbonyl (C=O) groups excluding carboxylic acids is 1. The first-order valence-corrected chi connectivity index (χ1v) is 6.26. The van der Waals surface area contributed by atoms with E-state index in [0.29, 0.717) is 19.7 Å². The fourth-order valence-corrected chi connectivity index (χ4v) is 1.53. The van der Waals surface area contributed by atoms with Crippen LogP contribution in [0.4, 0.5) is 4.79 Å². The SMILES string of the molecule is COCCN(CC(C)C)C(=O)N[C@@H](CC(=O)O)C(=O)O. The number of carboxylic acids is 2. The van der Waals surface area contributed by atoms with Crippen molar-refractivity contribution in [3.05, 3.63) is 0 Å². The van der Waals surface area contributed by atoms with E-state index in [0.717, 1.165) is 0 Å². The van der Waals surface area contributed by atoms with Gasteiger partial charge in [-0.3, -0.25) is 4.79 Å². The van der Waals surface area contributed by atoms with Crippen molar-refractivity contribution in [3.63, 3.8) is 0 Å². The van der Waals surface area contributed by atoms with Gasteiger partial charge in [0.2, 0.25) is 0 Å². The highest BCUT2D eigenvalue weighted by atomic mass is 16.5. The summed E-state index contributed by atoms with van der Waals surface area (Å²) in [6.45, 7) is 4.88. The number of carboxylic acid groups (broad SMARTS) is 2. The van der Waals surface area contributed by atoms with Crippen LogP contribution in [0.2, 0.25) is 0 Å². The molecule has 8 nitrogen and oxygen atoms in total. The van der Waals surface area contributed by atoms with Crippen LogP contribution in [0.1, 0.15) is 20.3 Å². The molecule has 0 radical (unpaired) electrons. The number of nitrogens with one attached hydrogen (secondary N) is 1. The molecule has 0 aliphatic heterocycles. The zero-order valence-corrected chi connectivity index (χ0v) is 12.0. The Kier molecular flexibility index (Phi) is 8.30. The van der Waals surface area contributed by atoms with Crippen molar-refractivity contribution in [2.24, 2.45) is 5.92 Å². The van der Waals surface area contributed by atoms with Crippen LogP contribution in [0, 0.1) is 5.92 Å². The lowest BCUT2D eigenvalue weighted by Crippen LogP contribution is -2.50. The number of aliphatic carboxylic acids is 2. The largest absolute Gasteiger partial charge is 0.481 e. The molecule has 116 valence electrons. The van der Waals surface area contributed by atoms with Crippen molar-refractivity contribution < 1.29 is 29.3 Å². The maximum Gasteiger partial charge on any atom is 0.326 e. The second-order valence-corrected chi connectivity index (χ2v) is 4.77. The topological polar surface area (TPSA) is 116 Å². The number of carbonyl (C=O) groups is 3. The molecule has 3 N–H and O–H groups in total. The minimum Gasteiger partial charge on any atom is -0.481 e. The first-order valence-electron chi connectivity index (χ1n) is 6.26. The first kappa shape index (κ1) is 18.2. The number of hydrogen-bond acceptors (Lipinski definition) is 4. The molecule has 0 rings (SSSR count). The molecule has 0 spiro atoms. The van der Waals surface area contributed by atoms with Crippen LogP contribution in [0.25, 0.3) is 0 Å². The molecule has 0 saturated carbocycles. The fourth-order valence-electron chi connectivity index (χ4n) is 1.53. The Morgan fingerprint density at radius 1 is 1.25 bits per heavy atom. The molecular formula is C12H22N2O6. The fraction of sp³-hybridized carbons (Fsp3) is 0.750. The number of nitrogens with zero attached hydrogens (tertiary/aromatic N) is 1. The highest BCUT2D eigenvalue weighted by Gasteiger charge is 2.25. The quantitative estimate of drug-likeness (QED) is 0.559. The molecule has 1 atom stereocenters. The summed E-state index contributed by atoms with van der Waals surface area (Å²) in [6.07, 6.45) is -0.666. The van der Waals surface area contributed by atoms with E-state index < -0.39 is 30.4 Å². The van der Waals surface area contributed by atoms with Crippen LogP contribution in [0.15, 0.2) is 0 Å². The Bertz CT molecular complexity index is 345. The maximum absolute atomic E-state index is 12.0. The van der Waals surface area contributed by atoms with Gasteiger partial charge in [-0.25, -0.2) is 9.59 Å². The molecule has 0 saturated heterocycles. The Balaban J connectivity index is 4.68. The zero-order valence-electron chi connectivity index (χ0n) is 12.0. The number of hydrogen-bond donors (Lipinski definition) is 3. The van der Waals surface area contributed by atoms with E-state index in [-0.39, 0.29) is 5.92 Å². The Morgan fingerprint density at radius 2 is 1.85 bits per heavy atom. The molecule has 0 aromatic carbocycles. The van der Waals surface area contributed by atoms with Crippen LogP contribution in [0.3, 0.4) is 0 Å². The number of amides is 2. The number of ether oxygens (including phenoxy) is 1. The van der Waals surface area contributed by atoms with Crippen molar-refractivity contribution in [2.75, 3.05) is 26.8 Å². The molecule has 8 heteroatoms. The van der Waals surface area contributed by atoms with Crippen molar-refractivity contribution in [2.45, 2.75) is 26.3 Å². The van der Waals surface area contributed by atoms with Gasteiger partial charge >= 0.3 is 18.0 Å². The van der Waals surface area contributed by atoms with E-state index in [4.69, 9.17) is 14.9 Å². The lowest BCUT2D eigenvalue weighted by Gasteiger charge is -2.26. The van der Waals surface area contributed by atoms with Crippen LogP contribution >= 0.6 is 0 Å². The lowest BCUT2D eigenvalue weighted by molar-refractivity contribution is -0.145. The Morgan fingerprint density at radius 3 is 2.25 bits per heavy atom. The van der Waals surface area contributed by atoms with E-state index in [2.05, 4.69) is 5.32 Å². The predicted molar refractivity (Wildman–Crippen MR) is 70.5 cm³/mol. The van der Waals surface area contributed by atoms with Gasteiger partial charge in [-0.2, -0.15) is 0 Å². The molecule has 0 unspecified atom stereocenters. The maximum atomic E-state index is 12.0. The monoisotopic (exact) mass is 290 g/mol. The minimum absolute atomic E-state index is 0.195. The molecule has 0 aromatic heterocycles. The summed E-state index contributed by atoms with van der Waals surface area (Å²) in [5, 5.41) is 19.7. The minimum atomic E-state index is -1.45. The predicted octanol–water partition coefficient (Wildman–Crippen LogP) is 0.228. The third-order valence-electron chi connectivity index (χ3n) is 2.41. The average molecular weight is 290 g/mol. The van der Waals surface area contributed by atoms with E-state index in [1.807, 2.05) is 13.8 Å². The van der Waals surface area contributed by atoms with Gasteiger partial charge in [-0.15, -0.1) is 0 Å². The van der Waals surface area contributed by atoms with Crippen LogP contribution in [0.5, 0.6) is 0 Å². The molecule has 2 amide bonds. The summed E-state index contributed by atoms with van der Waals surface area (Å²) < 4.78 is 4.89. The number of urea groups is 1.